The summed E-state index contributed by atoms with van der Waals surface area (Å²) in [5.74, 6) is -0.730. The number of benzene rings is 1. The monoisotopic (exact) mass is 541 g/mol. The van der Waals surface area contributed by atoms with Gasteiger partial charge in [-0.05, 0) is 64.2 Å². The number of hydrogen-bond acceptors (Lipinski definition) is 7. The number of nitrogens with zero attached hydrogens (tertiary/aromatic N) is 4. The van der Waals surface area contributed by atoms with Crippen molar-refractivity contribution in [1.82, 2.24) is 24.3 Å². The molecular weight excluding hydrogens is 502 g/mol. The molecule has 3 amide bonds. The largest absolute Gasteiger partial charge is 0.444 e. The average Bonchev–Trinajstić information content (AvgIpc) is 3.09. The quantitative estimate of drug-likeness (QED) is 0.556. The van der Waals surface area contributed by atoms with Gasteiger partial charge in [0, 0.05) is 45.7 Å². The Morgan fingerprint density at radius 1 is 1.05 bits per heavy atom. The van der Waals surface area contributed by atoms with E-state index < -0.39 is 17.6 Å². The van der Waals surface area contributed by atoms with Crippen LogP contribution in [0.25, 0.3) is 11.0 Å². The van der Waals surface area contributed by atoms with Crippen molar-refractivity contribution < 1.29 is 23.9 Å². The van der Waals surface area contributed by atoms with Crippen LogP contribution in [0.3, 0.4) is 0 Å². The van der Waals surface area contributed by atoms with Crippen LogP contribution in [-0.2, 0) is 32.5 Å². The van der Waals surface area contributed by atoms with E-state index >= 15 is 0 Å². The smallest absolute Gasteiger partial charge is 0.410 e. The van der Waals surface area contributed by atoms with E-state index in [0.717, 1.165) is 56.5 Å². The number of piperidine rings is 2. The summed E-state index contributed by atoms with van der Waals surface area (Å²) in [4.78, 5) is 53.4. The number of fused-ring (bicyclic) bond motifs is 1. The van der Waals surface area contributed by atoms with Crippen molar-refractivity contribution in [2.24, 2.45) is 7.05 Å². The number of rotatable bonds is 6. The molecule has 3 saturated heterocycles. The molecule has 1 atom stereocenters. The van der Waals surface area contributed by atoms with Gasteiger partial charge in [0.1, 0.15) is 11.6 Å². The van der Waals surface area contributed by atoms with Gasteiger partial charge in [-0.25, -0.2) is 9.59 Å². The number of aromatic nitrogens is 2. The molecule has 1 aromatic heterocycles. The van der Waals surface area contributed by atoms with Crippen molar-refractivity contribution in [3.8, 4) is 0 Å². The number of amides is 3. The molecule has 1 unspecified atom stereocenters. The molecule has 212 valence electrons. The van der Waals surface area contributed by atoms with E-state index in [4.69, 9.17) is 9.47 Å². The fourth-order valence-electron chi connectivity index (χ4n) is 5.75. The fourth-order valence-corrected chi connectivity index (χ4v) is 5.75. The highest BCUT2D eigenvalue weighted by Crippen LogP contribution is 2.26. The third kappa shape index (κ3) is 5.89. The number of hydrogen-bond donors (Lipinski definition) is 1. The van der Waals surface area contributed by atoms with Gasteiger partial charge >= 0.3 is 11.8 Å². The highest BCUT2D eigenvalue weighted by atomic mass is 16.6. The first-order chi connectivity index (χ1) is 18.5. The Morgan fingerprint density at radius 2 is 1.77 bits per heavy atom. The van der Waals surface area contributed by atoms with Gasteiger partial charge in [0.05, 0.1) is 23.7 Å². The summed E-state index contributed by atoms with van der Waals surface area (Å²) in [7, 11) is 1.70. The molecule has 3 aliphatic rings. The van der Waals surface area contributed by atoms with Crippen LogP contribution in [-0.4, -0.2) is 87.4 Å². The SMILES string of the molecule is Cn1c(=O)n(C2CCC(=O)NC2=O)c2ccc(CCOC3CN(C4CCN(C(=O)OC(C)(C)C)CC4)C3)cc21. The Morgan fingerprint density at radius 3 is 2.44 bits per heavy atom. The van der Waals surface area contributed by atoms with Gasteiger partial charge in [-0.2, -0.15) is 0 Å². The molecule has 3 aliphatic heterocycles. The van der Waals surface area contributed by atoms with E-state index in [1.165, 1.54) is 4.57 Å². The van der Waals surface area contributed by atoms with E-state index in [1.807, 2.05) is 39.0 Å². The lowest BCUT2D eigenvalue weighted by Crippen LogP contribution is -2.59. The van der Waals surface area contributed by atoms with Crippen LogP contribution in [0.1, 0.15) is 58.1 Å². The molecule has 3 fully saturated rings. The van der Waals surface area contributed by atoms with Crippen molar-refractivity contribution in [1.29, 1.82) is 0 Å². The Hall–Kier alpha value is -3.18. The molecule has 0 spiro atoms. The van der Waals surface area contributed by atoms with Crippen molar-refractivity contribution in [3.63, 3.8) is 0 Å². The molecule has 1 aromatic carbocycles. The highest BCUT2D eigenvalue weighted by molar-refractivity contribution is 6.00. The molecule has 11 nitrogen and oxygen atoms in total. The summed E-state index contributed by atoms with van der Waals surface area (Å²) in [6.07, 6.45) is 3.14. The number of carbonyl (C=O) groups excluding carboxylic acids is 3. The zero-order chi connectivity index (χ0) is 27.9. The van der Waals surface area contributed by atoms with Gasteiger partial charge in [0.2, 0.25) is 11.8 Å². The summed E-state index contributed by atoms with van der Waals surface area (Å²) >= 11 is 0. The number of imidazole rings is 1. The molecule has 0 radical (unpaired) electrons. The van der Waals surface area contributed by atoms with Crippen LogP contribution in [0.5, 0.6) is 0 Å². The molecule has 4 heterocycles. The second-order valence-corrected chi connectivity index (χ2v) is 11.9. The van der Waals surface area contributed by atoms with Crippen LogP contribution >= 0.6 is 0 Å². The standard InChI is InChI=1S/C28H39N5O6/c1-28(2,3)39-27(37)31-12-9-19(10-13-31)32-16-20(17-32)38-14-11-18-5-6-21-23(15-18)30(4)26(36)33(21)22-7-8-24(34)29-25(22)35/h5-6,15,19-20,22H,7-14,16-17H2,1-4H3,(H,29,34,35). The Kier molecular flexibility index (Phi) is 7.56. The first-order valence-corrected chi connectivity index (χ1v) is 13.9. The van der Waals surface area contributed by atoms with E-state index in [2.05, 4.69) is 10.2 Å². The molecular formula is C28H39N5O6. The van der Waals surface area contributed by atoms with E-state index in [9.17, 15) is 19.2 Å². The van der Waals surface area contributed by atoms with E-state index in [1.54, 1.807) is 16.5 Å². The predicted octanol–water partition coefficient (Wildman–Crippen LogP) is 1.96. The second kappa shape index (κ2) is 10.8. The summed E-state index contributed by atoms with van der Waals surface area (Å²) in [5.41, 5.74) is 1.77. The van der Waals surface area contributed by atoms with Gasteiger partial charge < -0.3 is 14.4 Å². The molecule has 39 heavy (non-hydrogen) atoms. The van der Waals surface area contributed by atoms with Gasteiger partial charge in [0.15, 0.2) is 0 Å². The Labute approximate surface area is 228 Å². The van der Waals surface area contributed by atoms with E-state index in [0.29, 0.717) is 24.6 Å². The number of likely N-dealkylation sites (tertiary alicyclic amines) is 2. The molecule has 5 rings (SSSR count). The number of carbonyl (C=O) groups is 3. The maximum Gasteiger partial charge on any atom is 0.410 e. The summed E-state index contributed by atoms with van der Waals surface area (Å²) < 4.78 is 14.7. The minimum atomic E-state index is -0.681. The molecule has 0 aliphatic carbocycles. The topological polar surface area (TPSA) is 115 Å². The lowest BCUT2D eigenvalue weighted by atomic mass is 9.98. The van der Waals surface area contributed by atoms with Crippen molar-refractivity contribution in [2.45, 2.75) is 76.7 Å². The molecule has 11 heteroatoms. The molecule has 0 saturated carbocycles. The molecule has 2 aromatic rings. The number of nitrogens with one attached hydrogen (secondary N) is 1. The Balaban J connectivity index is 1.09. The van der Waals surface area contributed by atoms with Crippen LogP contribution < -0.4 is 11.0 Å². The highest BCUT2D eigenvalue weighted by Gasteiger charge is 2.36. The minimum absolute atomic E-state index is 0.204. The van der Waals surface area contributed by atoms with Crippen LogP contribution in [0.15, 0.2) is 23.0 Å². The van der Waals surface area contributed by atoms with Crippen LogP contribution in [0.2, 0.25) is 0 Å². The van der Waals surface area contributed by atoms with Gasteiger partial charge in [-0.1, -0.05) is 6.07 Å². The summed E-state index contributed by atoms with van der Waals surface area (Å²) in [6, 6.07) is 5.62. The van der Waals surface area contributed by atoms with Crippen molar-refractivity contribution in [2.75, 3.05) is 32.8 Å². The third-order valence-electron chi connectivity index (χ3n) is 7.93. The van der Waals surface area contributed by atoms with Crippen LogP contribution in [0, 0.1) is 0 Å². The first-order valence-electron chi connectivity index (χ1n) is 13.9. The lowest BCUT2D eigenvalue weighted by molar-refractivity contribution is -0.135. The fraction of sp³-hybridized carbons (Fsp3) is 0.643. The average molecular weight is 542 g/mol. The minimum Gasteiger partial charge on any atom is -0.444 e. The van der Waals surface area contributed by atoms with Crippen molar-refractivity contribution in [3.05, 3.63) is 34.2 Å². The second-order valence-electron chi connectivity index (χ2n) is 11.9. The summed E-state index contributed by atoms with van der Waals surface area (Å²) in [6.45, 7) is 9.50. The van der Waals surface area contributed by atoms with E-state index in [-0.39, 0.29) is 30.2 Å². The van der Waals surface area contributed by atoms with Gasteiger partial charge in [0.25, 0.3) is 0 Å². The first kappa shape index (κ1) is 27.4. The van der Waals surface area contributed by atoms with Gasteiger partial charge in [-0.15, -0.1) is 0 Å². The summed E-state index contributed by atoms with van der Waals surface area (Å²) in [5, 5.41) is 2.34. The Bertz CT molecular complexity index is 1310. The van der Waals surface area contributed by atoms with Crippen molar-refractivity contribution >= 4 is 28.9 Å². The normalized spacial score (nSPS) is 21.7. The lowest BCUT2D eigenvalue weighted by Gasteiger charge is -2.46. The zero-order valence-corrected chi connectivity index (χ0v) is 23.3. The predicted molar refractivity (Wildman–Crippen MR) is 144 cm³/mol. The molecule has 0 bridgehead atoms. The third-order valence-corrected chi connectivity index (χ3v) is 7.93. The maximum absolute atomic E-state index is 12.9. The zero-order valence-electron chi connectivity index (χ0n) is 23.3. The number of ether oxygens (including phenoxy) is 2. The van der Waals surface area contributed by atoms with Gasteiger partial charge in [-0.3, -0.25) is 28.9 Å². The maximum atomic E-state index is 12.9. The van der Waals surface area contributed by atoms with Crippen LogP contribution in [0.4, 0.5) is 4.79 Å². The number of aryl methyl sites for hydroxylation is 1. The molecule has 1 N–H and O–H groups in total. The number of imide groups is 1.